The zero-order valence-electron chi connectivity index (χ0n) is 12.2. The highest BCUT2D eigenvalue weighted by molar-refractivity contribution is 6.32. The Balaban J connectivity index is 1.67. The molecule has 7 heteroatoms. The lowest BCUT2D eigenvalue weighted by atomic mass is 10.2. The fraction of sp³-hybridized carbons (Fsp3) is 0. The van der Waals surface area contributed by atoms with Crippen LogP contribution in [0.15, 0.2) is 59.0 Å². The lowest BCUT2D eigenvalue weighted by molar-refractivity contribution is -0.112. The van der Waals surface area contributed by atoms with E-state index in [-0.39, 0.29) is 11.9 Å². The van der Waals surface area contributed by atoms with E-state index < -0.39 is 5.91 Å². The number of benzene rings is 2. The van der Waals surface area contributed by atoms with Crippen molar-refractivity contribution in [3.8, 4) is 11.5 Å². The van der Waals surface area contributed by atoms with Crippen LogP contribution in [0.25, 0.3) is 17.5 Å². The van der Waals surface area contributed by atoms with Gasteiger partial charge >= 0.3 is 6.01 Å². The molecule has 5 nitrogen and oxygen atoms in total. The van der Waals surface area contributed by atoms with E-state index in [1.807, 2.05) is 12.1 Å². The summed E-state index contributed by atoms with van der Waals surface area (Å²) in [5, 5.41) is 11.3. The first-order chi connectivity index (χ1) is 11.6. The summed E-state index contributed by atoms with van der Waals surface area (Å²) < 4.78 is 5.40. The van der Waals surface area contributed by atoms with Gasteiger partial charge in [0.25, 0.3) is 5.91 Å². The second-order valence-corrected chi connectivity index (χ2v) is 5.61. The van der Waals surface area contributed by atoms with Crippen LogP contribution in [0.5, 0.6) is 0 Å². The summed E-state index contributed by atoms with van der Waals surface area (Å²) in [6.07, 6.45) is 2.95. The van der Waals surface area contributed by atoms with Crippen molar-refractivity contribution in [2.45, 2.75) is 0 Å². The van der Waals surface area contributed by atoms with E-state index in [4.69, 9.17) is 27.6 Å². The lowest BCUT2D eigenvalue weighted by Crippen LogP contribution is -2.07. The lowest BCUT2D eigenvalue weighted by Gasteiger charge is -1.97. The smallest absolute Gasteiger partial charge is 0.322 e. The summed E-state index contributed by atoms with van der Waals surface area (Å²) in [6, 6.07) is 14.1. The van der Waals surface area contributed by atoms with Crippen molar-refractivity contribution in [1.82, 2.24) is 10.2 Å². The van der Waals surface area contributed by atoms with Crippen molar-refractivity contribution < 1.29 is 9.21 Å². The van der Waals surface area contributed by atoms with Gasteiger partial charge in [0.1, 0.15) is 0 Å². The van der Waals surface area contributed by atoms with Crippen LogP contribution in [0, 0.1) is 0 Å². The van der Waals surface area contributed by atoms with Gasteiger partial charge < -0.3 is 4.42 Å². The minimum Gasteiger partial charge on any atom is -0.403 e. The summed E-state index contributed by atoms with van der Waals surface area (Å²) in [5.41, 5.74) is 1.45. The molecule has 1 heterocycles. The second-order valence-electron chi connectivity index (χ2n) is 4.76. The molecule has 0 aliphatic carbocycles. The number of amides is 1. The Kier molecular flexibility index (Phi) is 4.93. The highest BCUT2D eigenvalue weighted by atomic mass is 35.5. The molecule has 0 saturated carbocycles. The maximum atomic E-state index is 11.9. The highest BCUT2D eigenvalue weighted by Gasteiger charge is 2.10. The first kappa shape index (κ1) is 16.2. The zero-order valence-corrected chi connectivity index (χ0v) is 13.8. The molecule has 0 bridgehead atoms. The van der Waals surface area contributed by atoms with E-state index in [0.29, 0.717) is 15.6 Å². The first-order valence-electron chi connectivity index (χ1n) is 6.95. The van der Waals surface area contributed by atoms with Crippen LogP contribution in [-0.4, -0.2) is 16.1 Å². The Morgan fingerprint density at radius 2 is 1.79 bits per heavy atom. The maximum absolute atomic E-state index is 11.9. The Morgan fingerprint density at radius 1 is 1.04 bits per heavy atom. The number of hydrogen-bond acceptors (Lipinski definition) is 4. The normalized spacial score (nSPS) is 10.9. The number of nitrogens with zero attached hydrogens (tertiary/aromatic N) is 2. The molecule has 2 aromatic carbocycles. The van der Waals surface area contributed by atoms with Crippen molar-refractivity contribution in [3.05, 3.63) is 70.2 Å². The van der Waals surface area contributed by atoms with E-state index in [1.165, 1.54) is 6.08 Å². The molecule has 0 unspecified atom stereocenters. The number of rotatable bonds is 4. The number of aromatic nitrogens is 2. The van der Waals surface area contributed by atoms with Crippen molar-refractivity contribution in [1.29, 1.82) is 0 Å². The van der Waals surface area contributed by atoms with Gasteiger partial charge in [-0.1, -0.05) is 46.5 Å². The van der Waals surface area contributed by atoms with Crippen LogP contribution in [0.1, 0.15) is 5.56 Å². The summed E-state index contributed by atoms with van der Waals surface area (Å²) >= 11 is 11.8. The standard InChI is InChI=1S/C17H11Cl2N3O2/c18-13-8-5-12(6-9-13)16-21-22-17(24-16)20-15(23)10-7-11-3-1-2-4-14(11)19/h1-10H,(H,20,22,23)/b10-7+. The third-order valence-electron chi connectivity index (χ3n) is 3.07. The van der Waals surface area contributed by atoms with Gasteiger partial charge in [0.2, 0.25) is 5.89 Å². The molecule has 1 aromatic heterocycles. The van der Waals surface area contributed by atoms with Crippen LogP contribution in [0.2, 0.25) is 10.0 Å². The second kappa shape index (κ2) is 7.29. The molecule has 1 N–H and O–H groups in total. The molecule has 0 aliphatic rings. The summed E-state index contributed by atoms with van der Waals surface area (Å²) in [7, 11) is 0. The van der Waals surface area contributed by atoms with Gasteiger partial charge in [0, 0.05) is 21.7 Å². The van der Waals surface area contributed by atoms with Crippen molar-refractivity contribution in [2.75, 3.05) is 5.32 Å². The van der Waals surface area contributed by atoms with Gasteiger partial charge in [0.05, 0.1) is 0 Å². The molecule has 0 fully saturated rings. The largest absolute Gasteiger partial charge is 0.403 e. The Bertz CT molecular complexity index is 889. The molecule has 24 heavy (non-hydrogen) atoms. The summed E-state index contributed by atoms with van der Waals surface area (Å²) in [6.45, 7) is 0. The van der Waals surface area contributed by atoms with Crippen LogP contribution in [0.4, 0.5) is 6.01 Å². The average Bonchev–Trinajstić information content (AvgIpc) is 3.03. The molecule has 0 saturated heterocycles. The Labute approximate surface area is 147 Å². The third kappa shape index (κ3) is 4.01. The van der Waals surface area contributed by atoms with Gasteiger partial charge in [-0.25, -0.2) is 0 Å². The Hall–Kier alpha value is -2.63. The molecular weight excluding hydrogens is 349 g/mol. The number of carbonyl (C=O) groups is 1. The van der Waals surface area contributed by atoms with E-state index in [9.17, 15) is 4.79 Å². The zero-order chi connectivity index (χ0) is 16.9. The first-order valence-corrected chi connectivity index (χ1v) is 7.70. The predicted molar refractivity (Wildman–Crippen MR) is 93.9 cm³/mol. The topological polar surface area (TPSA) is 68.0 Å². The fourth-order valence-corrected chi connectivity index (χ4v) is 2.23. The van der Waals surface area contributed by atoms with Gasteiger partial charge in [-0.3, -0.25) is 10.1 Å². The average molecular weight is 360 g/mol. The molecule has 120 valence electrons. The van der Waals surface area contributed by atoms with Crippen molar-refractivity contribution >= 4 is 41.2 Å². The number of hydrogen-bond donors (Lipinski definition) is 1. The molecule has 0 spiro atoms. The van der Waals surface area contributed by atoms with Crippen LogP contribution >= 0.6 is 23.2 Å². The van der Waals surface area contributed by atoms with Crippen LogP contribution in [-0.2, 0) is 4.79 Å². The number of carbonyl (C=O) groups excluding carboxylic acids is 1. The quantitative estimate of drug-likeness (QED) is 0.685. The van der Waals surface area contributed by atoms with Crippen molar-refractivity contribution in [3.63, 3.8) is 0 Å². The molecule has 0 aliphatic heterocycles. The molecule has 3 aromatic rings. The maximum Gasteiger partial charge on any atom is 0.322 e. The minimum atomic E-state index is -0.402. The highest BCUT2D eigenvalue weighted by Crippen LogP contribution is 2.22. The molecule has 3 rings (SSSR count). The van der Waals surface area contributed by atoms with Crippen LogP contribution < -0.4 is 5.32 Å². The van der Waals surface area contributed by atoms with Crippen LogP contribution in [0.3, 0.4) is 0 Å². The van der Waals surface area contributed by atoms with E-state index in [0.717, 1.165) is 5.56 Å². The molecule has 1 amide bonds. The van der Waals surface area contributed by atoms with E-state index in [2.05, 4.69) is 15.5 Å². The number of nitrogens with one attached hydrogen (secondary N) is 1. The minimum absolute atomic E-state index is 0.00811. The van der Waals surface area contributed by atoms with Gasteiger partial charge in [-0.2, -0.15) is 0 Å². The SMILES string of the molecule is O=C(/C=C/c1ccccc1Cl)Nc1nnc(-c2ccc(Cl)cc2)o1. The van der Waals surface area contributed by atoms with Gasteiger partial charge in [-0.15, -0.1) is 5.10 Å². The summed E-state index contributed by atoms with van der Waals surface area (Å²) in [5.74, 6) is -0.113. The Morgan fingerprint density at radius 3 is 2.54 bits per heavy atom. The summed E-state index contributed by atoms with van der Waals surface area (Å²) in [4.78, 5) is 11.9. The monoisotopic (exact) mass is 359 g/mol. The molecular formula is C17H11Cl2N3O2. The van der Waals surface area contributed by atoms with Crippen molar-refractivity contribution in [2.24, 2.45) is 0 Å². The molecule has 0 radical (unpaired) electrons. The van der Waals surface area contributed by atoms with E-state index >= 15 is 0 Å². The van der Waals surface area contributed by atoms with Gasteiger partial charge in [0.15, 0.2) is 0 Å². The number of halogens is 2. The third-order valence-corrected chi connectivity index (χ3v) is 3.66. The fourth-order valence-electron chi connectivity index (χ4n) is 1.91. The number of anilines is 1. The molecule has 0 atom stereocenters. The predicted octanol–water partition coefficient (Wildman–Crippen LogP) is 4.70. The van der Waals surface area contributed by atoms with Gasteiger partial charge in [-0.05, 0) is 42.0 Å². The van der Waals surface area contributed by atoms with E-state index in [1.54, 1.807) is 42.5 Å².